The molecule has 0 radical (unpaired) electrons. The van der Waals surface area contributed by atoms with Gasteiger partial charge in [0.1, 0.15) is 0 Å². The lowest BCUT2D eigenvalue weighted by molar-refractivity contribution is -0.137. The zero-order valence-corrected chi connectivity index (χ0v) is 17.3. The summed E-state index contributed by atoms with van der Waals surface area (Å²) in [5.41, 5.74) is 0.280. The molecule has 0 aliphatic carbocycles. The summed E-state index contributed by atoms with van der Waals surface area (Å²) in [5, 5.41) is 4.01. The summed E-state index contributed by atoms with van der Waals surface area (Å²) in [6, 6.07) is 9.74. The molecule has 0 spiro atoms. The van der Waals surface area contributed by atoms with Crippen LogP contribution in [0.15, 0.2) is 47.0 Å². The summed E-state index contributed by atoms with van der Waals surface area (Å²) in [6.45, 7) is 2.60. The van der Waals surface area contributed by atoms with E-state index in [2.05, 4.69) is 10.1 Å². The SMILES string of the molecule is CCOc1ccc(-c2noc(C3CC(=O)N(c4ccc(C(F)(F)F)cc4)C3)n2)cc1OC. The number of amides is 1. The highest BCUT2D eigenvalue weighted by Gasteiger charge is 2.36. The number of anilines is 1. The molecule has 2 aromatic carbocycles. The average molecular weight is 447 g/mol. The van der Waals surface area contributed by atoms with Crippen LogP contribution in [0, 0.1) is 0 Å². The summed E-state index contributed by atoms with van der Waals surface area (Å²) in [4.78, 5) is 18.3. The number of carbonyl (C=O) groups is 1. The van der Waals surface area contributed by atoms with Gasteiger partial charge in [0.15, 0.2) is 11.5 Å². The number of rotatable bonds is 6. The number of aromatic nitrogens is 2. The van der Waals surface area contributed by atoms with Crippen LogP contribution in [-0.4, -0.2) is 36.3 Å². The molecule has 3 aromatic rings. The van der Waals surface area contributed by atoms with E-state index in [-0.39, 0.29) is 30.7 Å². The predicted octanol–water partition coefficient (Wildman–Crippen LogP) is 4.68. The summed E-state index contributed by atoms with van der Waals surface area (Å²) in [6.07, 6.45) is -4.31. The number of hydrogen-bond donors (Lipinski definition) is 0. The number of methoxy groups -OCH3 is 1. The van der Waals surface area contributed by atoms with Crippen LogP contribution < -0.4 is 14.4 Å². The maximum absolute atomic E-state index is 12.8. The zero-order valence-electron chi connectivity index (χ0n) is 17.3. The van der Waals surface area contributed by atoms with Gasteiger partial charge in [-0.25, -0.2) is 0 Å². The first-order chi connectivity index (χ1) is 15.3. The molecule has 4 rings (SSSR count). The van der Waals surface area contributed by atoms with E-state index in [1.54, 1.807) is 18.2 Å². The molecule has 1 aliphatic heterocycles. The Labute approximate surface area is 181 Å². The molecule has 1 amide bonds. The molecule has 10 heteroatoms. The van der Waals surface area contributed by atoms with Crippen LogP contribution in [0.3, 0.4) is 0 Å². The largest absolute Gasteiger partial charge is 0.493 e. The van der Waals surface area contributed by atoms with E-state index in [9.17, 15) is 18.0 Å². The monoisotopic (exact) mass is 447 g/mol. The minimum atomic E-state index is -4.43. The van der Waals surface area contributed by atoms with E-state index < -0.39 is 11.7 Å². The lowest BCUT2D eigenvalue weighted by Gasteiger charge is -2.17. The maximum atomic E-state index is 12.8. The standard InChI is InChI=1S/C22H20F3N3O4/c1-3-31-17-9-4-13(10-18(17)30-2)20-26-21(32-27-20)14-11-19(29)28(12-14)16-7-5-15(6-8-16)22(23,24)25/h4-10,14H,3,11-12H2,1-2H3. The summed E-state index contributed by atoms with van der Waals surface area (Å²) in [5.74, 6) is 1.15. The Balaban J connectivity index is 1.51. The predicted molar refractivity (Wildman–Crippen MR) is 109 cm³/mol. The molecule has 1 aliphatic rings. The van der Waals surface area contributed by atoms with Gasteiger partial charge in [0.25, 0.3) is 0 Å². The molecule has 2 heterocycles. The van der Waals surface area contributed by atoms with Crippen LogP contribution in [0.2, 0.25) is 0 Å². The third kappa shape index (κ3) is 4.25. The number of alkyl halides is 3. The minimum absolute atomic E-state index is 0.120. The fourth-order valence-electron chi connectivity index (χ4n) is 3.55. The quantitative estimate of drug-likeness (QED) is 0.546. The van der Waals surface area contributed by atoms with Gasteiger partial charge in [0.05, 0.1) is 25.2 Å². The molecular weight excluding hydrogens is 427 g/mol. The molecule has 7 nitrogen and oxygen atoms in total. The first kappa shape index (κ1) is 21.7. The fraction of sp³-hybridized carbons (Fsp3) is 0.318. The lowest BCUT2D eigenvalue weighted by Crippen LogP contribution is -2.24. The average Bonchev–Trinajstić information content (AvgIpc) is 3.41. The number of benzene rings is 2. The van der Waals surface area contributed by atoms with Crippen molar-refractivity contribution in [2.75, 3.05) is 25.2 Å². The van der Waals surface area contributed by atoms with Crippen LogP contribution in [0.1, 0.15) is 30.7 Å². The van der Waals surface area contributed by atoms with Gasteiger partial charge in [-0.05, 0) is 49.4 Å². The molecule has 32 heavy (non-hydrogen) atoms. The van der Waals surface area contributed by atoms with E-state index in [0.717, 1.165) is 12.1 Å². The minimum Gasteiger partial charge on any atom is -0.493 e. The first-order valence-corrected chi connectivity index (χ1v) is 9.92. The van der Waals surface area contributed by atoms with Crippen LogP contribution in [0.5, 0.6) is 11.5 Å². The van der Waals surface area contributed by atoms with E-state index >= 15 is 0 Å². The molecular formula is C22H20F3N3O4. The highest BCUT2D eigenvalue weighted by molar-refractivity contribution is 5.96. The lowest BCUT2D eigenvalue weighted by atomic mass is 10.1. The number of hydrogen-bond acceptors (Lipinski definition) is 6. The Morgan fingerprint density at radius 1 is 1.16 bits per heavy atom. The van der Waals surface area contributed by atoms with Crippen molar-refractivity contribution in [1.82, 2.24) is 10.1 Å². The summed E-state index contributed by atoms with van der Waals surface area (Å²) >= 11 is 0. The van der Waals surface area contributed by atoms with Gasteiger partial charge in [0, 0.05) is 24.2 Å². The van der Waals surface area contributed by atoms with Crippen molar-refractivity contribution in [1.29, 1.82) is 0 Å². The van der Waals surface area contributed by atoms with Crippen LogP contribution in [0.25, 0.3) is 11.4 Å². The number of halogens is 3. The van der Waals surface area contributed by atoms with Crippen molar-refractivity contribution < 1.29 is 32.0 Å². The Hall–Kier alpha value is -3.56. The van der Waals surface area contributed by atoms with Crippen molar-refractivity contribution in [3.8, 4) is 22.9 Å². The van der Waals surface area contributed by atoms with Gasteiger partial charge in [-0.3, -0.25) is 4.79 Å². The van der Waals surface area contributed by atoms with E-state index in [1.165, 1.54) is 24.1 Å². The smallest absolute Gasteiger partial charge is 0.416 e. The Morgan fingerprint density at radius 2 is 1.91 bits per heavy atom. The number of carbonyl (C=O) groups excluding carboxylic acids is 1. The third-order valence-electron chi connectivity index (χ3n) is 5.14. The second kappa shape index (κ2) is 8.52. The molecule has 1 atom stereocenters. The topological polar surface area (TPSA) is 77.7 Å². The molecule has 1 fully saturated rings. The molecule has 0 N–H and O–H groups in total. The fourth-order valence-corrected chi connectivity index (χ4v) is 3.55. The van der Waals surface area contributed by atoms with Gasteiger partial charge in [0.2, 0.25) is 17.6 Å². The zero-order chi connectivity index (χ0) is 22.9. The van der Waals surface area contributed by atoms with Gasteiger partial charge in [-0.15, -0.1) is 0 Å². The maximum Gasteiger partial charge on any atom is 0.416 e. The van der Waals surface area contributed by atoms with E-state index in [4.69, 9.17) is 14.0 Å². The molecule has 1 saturated heterocycles. The number of ether oxygens (including phenoxy) is 2. The van der Waals surface area contributed by atoms with Gasteiger partial charge < -0.3 is 18.9 Å². The normalized spacial score (nSPS) is 16.5. The summed E-state index contributed by atoms with van der Waals surface area (Å²) < 4.78 is 54.6. The van der Waals surface area contributed by atoms with Crippen molar-refractivity contribution in [3.63, 3.8) is 0 Å². The van der Waals surface area contributed by atoms with Crippen molar-refractivity contribution in [3.05, 3.63) is 53.9 Å². The van der Waals surface area contributed by atoms with Crippen LogP contribution in [-0.2, 0) is 11.0 Å². The Kier molecular flexibility index (Phi) is 5.77. The highest BCUT2D eigenvalue weighted by atomic mass is 19.4. The Bertz CT molecular complexity index is 1110. The van der Waals surface area contributed by atoms with Gasteiger partial charge in [-0.2, -0.15) is 18.2 Å². The van der Waals surface area contributed by atoms with Gasteiger partial charge >= 0.3 is 6.18 Å². The first-order valence-electron chi connectivity index (χ1n) is 9.92. The second-order valence-electron chi connectivity index (χ2n) is 7.20. The Morgan fingerprint density at radius 3 is 2.56 bits per heavy atom. The van der Waals surface area contributed by atoms with E-state index in [0.29, 0.717) is 35.2 Å². The molecule has 0 saturated carbocycles. The van der Waals surface area contributed by atoms with Crippen molar-refractivity contribution >= 4 is 11.6 Å². The van der Waals surface area contributed by atoms with Gasteiger partial charge in [-0.1, -0.05) is 5.16 Å². The second-order valence-corrected chi connectivity index (χ2v) is 7.20. The molecule has 0 bridgehead atoms. The van der Waals surface area contributed by atoms with Crippen LogP contribution >= 0.6 is 0 Å². The van der Waals surface area contributed by atoms with Crippen molar-refractivity contribution in [2.24, 2.45) is 0 Å². The molecule has 168 valence electrons. The molecule has 1 aromatic heterocycles. The highest BCUT2D eigenvalue weighted by Crippen LogP contribution is 2.36. The summed E-state index contributed by atoms with van der Waals surface area (Å²) in [7, 11) is 1.53. The number of nitrogens with zero attached hydrogens (tertiary/aromatic N) is 3. The van der Waals surface area contributed by atoms with Crippen molar-refractivity contribution in [2.45, 2.75) is 25.4 Å². The third-order valence-corrected chi connectivity index (χ3v) is 5.14. The van der Waals surface area contributed by atoms with Crippen LogP contribution in [0.4, 0.5) is 18.9 Å². The van der Waals surface area contributed by atoms with E-state index in [1.807, 2.05) is 6.92 Å². The molecule has 1 unspecified atom stereocenters.